The minimum Gasteiger partial charge on any atom is -0.507 e. The van der Waals surface area contributed by atoms with Crippen molar-refractivity contribution in [2.24, 2.45) is 0 Å². The average molecular weight is 504 g/mol. The smallest absolute Gasteiger partial charge is 0.342 e. The molecule has 1 aromatic rings. The first-order chi connectivity index (χ1) is 17.3. The van der Waals surface area contributed by atoms with E-state index in [4.69, 9.17) is 18.9 Å². The van der Waals surface area contributed by atoms with E-state index in [-0.39, 0.29) is 17.7 Å². The summed E-state index contributed by atoms with van der Waals surface area (Å²) in [6.45, 7) is 10.5. The molecule has 198 valence electrons. The van der Waals surface area contributed by atoms with Crippen molar-refractivity contribution < 1.29 is 39.1 Å². The van der Waals surface area contributed by atoms with Crippen LogP contribution >= 0.6 is 0 Å². The van der Waals surface area contributed by atoms with Gasteiger partial charge in [0.2, 0.25) is 0 Å². The number of epoxide rings is 1. The van der Waals surface area contributed by atoms with Gasteiger partial charge in [0, 0.05) is 37.6 Å². The summed E-state index contributed by atoms with van der Waals surface area (Å²) < 4.78 is 22.6. The molecule has 0 radical (unpaired) electrons. The van der Waals surface area contributed by atoms with E-state index in [9.17, 15) is 20.1 Å². The van der Waals surface area contributed by atoms with Gasteiger partial charge < -0.3 is 34.3 Å². The third kappa shape index (κ3) is 6.86. The van der Waals surface area contributed by atoms with Crippen LogP contribution in [0.4, 0.5) is 0 Å². The second-order valence-electron chi connectivity index (χ2n) is 9.69. The van der Waals surface area contributed by atoms with Crippen molar-refractivity contribution >= 4 is 5.97 Å². The summed E-state index contributed by atoms with van der Waals surface area (Å²) in [6, 6.07) is 3.12. The van der Waals surface area contributed by atoms with E-state index in [1.54, 1.807) is 25.1 Å². The van der Waals surface area contributed by atoms with Gasteiger partial charge in [-0.25, -0.2) is 4.79 Å². The Kier molecular flexibility index (Phi) is 9.03. The van der Waals surface area contributed by atoms with Crippen LogP contribution in [-0.2, 0) is 14.2 Å². The molecular weight excluding hydrogens is 466 g/mol. The van der Waals surface area contributed by atoms with Gasteiger partial charge in [0.1, 0.15) is 35.4 Å². The molecule has 5 atom stereocenters. The van der Waals surface area contributed by atoms with Crippen molar-refractivity contribution in [1.29, 1.82) is 0 Å². The maximum Gasteiger partial charge on any atom is 0.342 e. The summed E-state index contributed by atoms with van der Waals surface area (Å²) in [7, 11) is 0. The summed E-state index contributed by atoms with van der Waals surface area (Å²) in [5, 5.41) is 31.6. The predicted octanol–water partition coefficient (Wildman–Crippen LogP) is 2.50. The van der Waals surface area contributed by atoms with Crippen LogP contribution < -0.4 is 4.74 Å². The zero-order valence-corrected chi connectivity index (χ0v) is 20.8. The number of cyclic esters (lactones) is 1. The highest BCUT2D eigenvalue weighted by Gasteiger charge is 2.45. The number of hydrogen-bond acceptors (Lipinski definition) is 9. The van der Waals surface area contributed by atoms with Crippen molar-refractivity contribution in [2.75, 3.05) is 39.5 Å². The molecule has 0 spiro atoms. The van der Waals surface area contributed by atoms with Gasteiger partial charge in [-0.3, -0.25) is 4.90 Å². The quantitative estimate of drug-likeness (QED) is 0.305. The molecule has 2 fully saturated rings. The second-order valence-corrected chi connectivity index (χ2v) is 9.69. The van der Waals surface area contributed by atoms with Gasteiger partial charge in [0.05, 0.1) is 32.0 Å². The standard InChI is InChI=1S/C27H37NO8/c1-17-6-5-7-18(2)35-27(32)24-20(26-23(36-26)16-22(30)25(17)31)14-19(15-21(24)29)34-11-4-3-8-28-9-12-33-13-10-28/h5-6,14-15,18,22-23,25-26,29-31H,1,3-4,7-13,16H2,2H3/b6-5-/t18-,22-,23-,25+,26+/m0/s1. The molecule has 3 aliphatic heterocycles. The molecule has 3 heterocycles. The number of phenols is 1. The first-order valence-electron chi connectivity index (χ1n) is 12.7. The third-order valence-corrected chi connectivity index (χ3v) is 6.78. The number of hydrogen-bond donors (Lipinski definition) is 3. The highest BCUT2D eigenvalue weighted by molar-refractivity contribution is 5.95. The molecule has 0 bridgehead atoms. The molecule has 9 heteroatoms. The molecule has 0 amide bonds. The lowest BCUT2D eigenvalue weighted by Gasteiger charge is -2.26. The largest absolute Gasteiger partial charge is 0.507 e. The molecule has 36 heavy (non-hydrogen) atoms. The minimum absolute atomic E-state index is 0.0366. The van der Waals surface area contributed by atoms with Gasteiger partial charge in [0.15, 0.2) is 0 Å². The van der Waals surface area contributed by atoms with E-state index in [1.165, 1.54) is 6.07 Å². The number of esters is 1. The Morgan fingerprint density at radius 2 is 1.97 bits per heavy atom. The molecule has 2 saturated heterocycles. The Hall–Kier alpha value is -2.43. The number of aliphatic hydroxyl groups is 2. The second kappa shape index (κ2) is 12.2. The number of aliphatic hydroxyl groups excluding tert-OH is 2. The lowest BCUT2D eigenvalue weighted by atomic mass is 9.96. The number of aromatic hydroxyl groups is 1. The van der Waals surface area contributed by atoms with Gasteiger partial charge in [-0.2, -0.15) is 0 Å². The van der Waals surface area contributed by atoms with Crippen LogP contribution in [0.15, 0.2) is 36.4 Å². The Balaban J connectivity index is 1.45. The fraction of sp³-hybridized carbons (Fsp3) is 0.593. The van der Waals surface area contributed by atoms with Gasteiger partial charge in [-0.1, -0.05) is 18.7 Å². The Morgan fingerprint density at radius 3 is 2.75 bits per heavy atom. The zero-order valence-electron chi connectivity index (χ0n) is 20.8. The summed E-state index contributed by atoms with van der Waals surface area (Å²) >= 11 is 0. The number of rotatable bonds is 6. The molecule has 0 aliphatic carbocycles. The van der Waals surface area contributed by atoms with Crippen LogP contribution in [-0.4, -0.2) is 90.1 Å². The molecule has 4 rings (SSSR count). The highest BCUT2D eigenvalue weighted by Crippen LogP contribution is 2.46. The monoisotopic (exact) mass is 503 g/mol. The number of carbonyl (C=O) groups is 1. The maximum atomic E-state index is 13.0. The van der Waals surface area contributed by atoms with Crippen molar-refractivity contribution in [3.05, 3.63) is 47.6 Å². The molecule has 0 unspecified atom stereocenters. The number of benzene rings is 1. The number of ether oxygens (including phenoxy) is 4. The van der Waals surface area contributed by atoms with Crippen molar-refractivity contribution in [3.63, 3.8) is 0 Å². The van der Waals surface area contributed by atoms with E-state index in [0.717, 1.165) is 45.7 Å². The topological polar surface area (TPSA) is 121 Å². The van der Waals surface area contributed by atoms with Gasteiger partial charge in [0.25, 0.3) is 0 Å². The molecule has 0 aromatic heterocycles. The van der Waals surface area contributed by atoms with Crippen molar-refractivity contribution in [1.82, 2.24) is 4.90 Å². The molecule has 3 aliphatic rings. The molecular formula is C27H37NO8. The minimum atomic E-state index is -1.13. The molecule has 3 N–H and O–H groups in total. The van der Waals surface area contributed by atoms with Crippen LogP contribution in [0.1, 0.15) is 54.6 Å². The van der Waals surface area contributed by atoms with Crippen LogP contribution in [0, 0.1) is 0 Å². The number of unbranched alkanes of at least 4 members (excludes halogenated alkanes) is 1. The van der Waals surface area contributed by atoms with Crippen molar-refractivity contribution in [3.8, 4) is 11.5 Å². The van der Waals surface area contributed by atoms with Crippen LogP contribution in [0.25, 0.3) is 0 Å². The first kappa shape index (κ1) is 26.6. The fourth-order valence-corrected chi connectivity index (χ4v) is 4.61. The number of phenolic OH excluding ortho intramolecular Hbond substituents is 1. The summed E-state index contributed by atoms with van der Waals surface area (Å²) in [5.41, 5.74) is 0.862. The normalized spacial score (nSPS) is 30.5. The first-order valence-corrected chi connectivity index (χ1v) is 12.7. The van der Waals surface area contributed by atoms with E-state index in [1.807, 2.05) is 0 Å². The Morgan fingerprint density at radius 1 is 1.19 bits per heavy atom. The lowest BCUT2D eigenvalue weighted by Crippen LogP contribution is -2.36. The third-order valence-electron chi connectivity index (χ3n) is 6.78. The van der Waals surface area contributed by atoms with E-state index < -0.39 is 36.5 Å². The summed E-state index contributed by atoms with van der Waals surface area (Å²) in [4.78, 5) is 15.4. The molecule has 0 saturated carbocycles. The van der Waals surface area contributed by atoms with Gasteiger partial charge in [-0.15, -0.1) is 0 Å². The van der Waals surface area contributed by atoms with E-state index >= 15 is 0 Å². The zero-order chi connectivity index (χ0) is 25.7. The average Bonchev–Trinajstić information content (AvgIpc) is 3.61. The van der Waals surface area contributed by atoms with E-state index in [2.05, 4.69) is 11.5 Å². The SMILES string of the molecule is C=C1/C=C\C[C@H](C)OC(=O)c2c(O)cc(OCCCCN3CCOCC3)cc2[C@H]2O[C@H]2C[C@H](O)[C@@H]1O. The molecule has 9 nitrogen and oxygen atoms in total. The lowest BCUT2D eigenvalue weighted by molar-refractivity contribution is 0.0332. The predicted molar refractivity (Wildman–Crippen MR) is 132 cm³/mol. The number of carbonyl (C=O) groups excluding carboxylic acids is 1. The fourth-order valence-electron chi connectivity index (χ4n) is 4.61. The van der Waals surface area contributed by atoms with Gasteiger partial charge in [-0.05, 0) is 37.9 Å². The molecule has 1 aromatic carbocycles. The number of fused-ring (bicyclic) bond motifs is 3. The van der Waals surface area contributed by atoms with Crippen LogP contribution in [0.3, 0.4) is 0 Å². The summed E-state index contributed by atoms with van der Waals surface area (Å²) in [6.07, 6.45) is 2.06. The number of nitrogens with zero attached hydrogens (tertiary/aromatic N) is 1. The van der Waals surface area contributed by atoms with Crippen LogP contribution in [0.2, 0.25) is 0 Å². The Bertz CT molecular complexity index is 957. The highest BCUT2D eigenvalue weighted by atomic mass is 16.6. The van der Waals surface area contributed by atoms with Crippen molar-refractivity contribution in [2.45, 2.75) is 63.1 Å². The van der Waals surface area contributed by atoms with E-state index in [0.29, 0.717) is 29.9 Å². The summed E-state index contributed by atoms with van der Waals surface area (Å²) in [5.74, 6) is -0.448. The maximum absolute atomic E-state index is 13.0. The van der Waals surface area contributed by atoms with Crippen LogP contribution in [0.5, 0.6) is 11.5 Å². The number of morpholine rings is 1. The van der Waals surface area contributed by atoms with Gasteiger partial charge >= 0.3 is 5.97 Å². The Labute approximate surface area is 211 Å².